The number of pyridine rings is 1. The van der Waals surface area contributed by atoms with Gasteiger partial charge in [-0.15, -0.1) is 0 Å². The highest BCUT2D eigenvalue weighted by Crippen LogP contribution is 2.18. The van der Waals surface area contributed by atoms with Crippen molar-refractivity contribution in [1.82, 2.24) is 19.4 Å². The first-order valence-corrected chi connectivity index (χ1v) is 7.07. The Hall–Kier alpha value is -2.97. The van der Waals surface area contributed by atoms with Crippen molar-refractivity contribution in [2.75, 3.05) is 13.1 Å². The number of hydrogen-bond donors (Lipinski definition) is 2. The third-order valence-corrected chi connectivity index (χ3v) is 4.06. The number of carbonyl (C=O) groups is 2. The Kier molecular flexibility index (Phi) is 3.47. The number of aromatic amines is 1. The molecule has 2 aromatic heterocycles. The van der Waals surface area contributed by atoms with Gasteiger partial charge in [0.1, 0.15) is 11.3 Å². The van der Waals surface area contributed by atoms with Crippen molar-refractivity contribution >= 4 is 22.8 Å². The third kappa shape index (κ3) is 2.50. The normalized spacial score (nSPS) is 17.6. The number of fused-ring (bicyclic) bond motifs is 1. The SMILES string of the molecule is Cn1c(=O)[nH]c(=O)c2ccc(C(=O)N3CCC(C(N)=O)C3)nc21. The number of aryl methyl sites for hydroxylation is 1. The lowest BCUT2D eigenvalue weighted by Gasteiger charge is -2.15. The number of carbonyl (C=O) groups excluding carboxylic acids is 2. The van der Waals surface area contributed by atoms with Crippen LogP contribution >= 0.6 is 0 Å². The van der Waals surface area contributed by atoms with Crippen LogP contribution in [0, 0.1) is 5.92 Å². The van der Waals surface area contributed by atoms with Gasteiger partial charge in [-0.25, -0.2) is 9.78 Å². The molecule has 2 amide bonds. The summed E-state index contributed by atoms with van der Waals surface area (Å²) in [6.07, 6.45) is 0.521. The highest BCUT2D eigenvalue weighted by atomic mass is 16.2. The van der Waals surface area contributed by atoms with E-state index in [0.717, 1.165) is 0 Å². The van der Waals surface area contributed by atoms with E-state index in [4.69, 9.17) is 5.73 Å². The van der Waals surface area contributed by atoms with Gasteiger partial charge in [-0.05, 0) is 18.6 Å². The van der Waals surface area contributed by atoms with Gasteiger partial charge in [-0.1, -0.05) is 0 Å². The van der Waals surface area contributed by atoms with E-state index in [1.165, 1.54) is 28.6 Å². The summed E-state index contributed by atoms with van der Waals surface area (Å²) in [5.74, 6) is -1.14. The molecule has 3 N–H and O–H groups in total. The topological polar surface area (TPSA) is 131 Å². The Morgan fingerprint density at radius 3 is 2.74 bits per heavy atom. The van der Waals surface area contributed by atoms with Crippen LogP contribution in [0.2, 0.25) is 0 Å². The van der Waals surface area contributed by atoms with Gasteiger partial charge >= 0.3 is 5.69 Å². The first kappa shape index (κ1) is 14.9. The maximum atomic E-state index is 12.5. The van der Waals surface area contributed by atoms with Crippen LogP contribution in [0.5, 0.6) is 0 Å². The summed E-state index contributed by atoms with van der Waals surface area (Å²) in [5, 5.41) is 0.222. The van der Waals surface area contributed by atoms with Crippen molar-refractivity contribution in [2.24, 2.45) is 18.7 Å². The summed E-state index contributed by atoms with van der Waals surface area (Å²) in [6, 6.07) is 2.89. The van der Waals surface area contributed by atoms with Gasteiger partial charge in [-0.3, -0.25) is 23.9 Å². The van der Waals surface area contributed by atoms with Gasteiger partial charge in [0.05, 0.1) is 11.3 Å². The zero-order valence-corrected chi connectivity index (χ0v) is 12.4. The molecule has 1 atom stereocenters. The molecular formula is C14H15N5O4. The standard InChI is InChI=1S/C14H15N5O4/c1-18-11-8(12(21)17-14(18)23)2-3-9(16-11)13(22)19-5-4-7(6-19)10(15)20/h2-3,7H,4-6H2,1H3,(H2,15,20)(H,17,21,23). The summed E-state index contributed by atoms with van der Waals surface area (Å²) in [5.41, 5.74) is 4.35. The van der Waals surface area contributed by atoms with Crippen molar-refractivity contribution in [3.63, 3.8) is 0 Å². The highest BCUT2D eigenvalue weighted by Gasteiger charge is 2.30. The number of aromatic nitrogens is 3. The molecule has 1 fully saturated rings. The minimum absolute atomic E-state index is 0.114. The van der Waals surface area contributed by atoms with Gasteiger partial charge in [-0.2, -0.15) is 0 Å². The molecule has 0 saturated carbocycles. The first-order chi connectivity index (χ1) is 10.9. The third-order valence-electron chi connectivity index (χ3n) is 4.06. The molecule has 0 radical (unpaired) electrons. The van der Waals surface area contributed by atoms with Crippen LogP contribution in [-0.4, -0.2) is 44.3 Å². The smallest absolute Gasteiger partial charge is 0.329 e. The Bertz CT molecular complexity index is 929. The largest absolute Gasteiger partial charge is 0.369 e. The number of H-pyrrole nitrogens is 1. The lowest BCUT2D eigenvalue weighted by Crippen LogP contribution is -2.33. The fourth-order valence-corrected chi connectivity index (χ4v) is 2.68. The molecule has 9 nitrogen and oxygen atoms in total. The van der Waals surface area contributed by atoms with Gasteiger partial charge in [0.15, 0.2) is 0 Å². The zero-order chi connectivity index (χ0) is 16.7. The van der Waals surface area contributed by atoms with E-state index in [1.807, 2.05) is 0 Å². The molecule has 1 unspecified atom stereocenters. The number of likely N-dealkylation sites (tertiary alicyclic amines) is 1. The second-order valence-electron chi connectivity index (χ2n) is 5.53. The molecule has 0 bridgehead atoms. The van der Waals surface area contributed by atoms with Crippen molar-refractivity contribution in [2.45, 2.75) is 6.42 Å². The predicted octanol–water partition coefficient (Wildman–Crippen LogP) is -1.43. The van der Waals surface area contributed by atoms with E-state index in [1.54, 1.807) is 0 Å². The van der Waals surface area contributed by atoms with Crippen molar-refractivity contribution < 1.29 is 9.59 Å². The van der Waals surface area contributed by atoms with E-state index in [2.05, 4.69) is 9.97 Å². The van der Waals surface area contributed by atoms with Crippen LogP contribution < -0.4 is 17.0 Å². The summed E-state index contributed by atoms with van der Waals surface area (Å²) >= 11 is 0. The number of rotatable bonds is 2. The summed E-state index contributed by atoms with van der Waals surface area (Å²) in [7, 11) is 1.46. The highest BCUT2D eigenvalue weighted by molar-refractivity contribution is 5.95. The summed E-state index contributed by atoms with van der Waals surface area (Å²) in [4.78, 5) is 54.9. The number of hydrogen-bond acceptors (Lipinski definition) is 5. The number of nitrogens with two attached hydrogens (primary N) is 1. The fraction of sp³-hybridized carbons (Fsp3) is 0.357. The molecule has 0 spiro atoms. The predicted molar refractivity (Wildman–Crippen MR) is 80.8 cm³/mol. The van der Waals surface area contributed by atoms with Crippen LogP contribution in [0.3, 0.4) is 0 Å². The van der Waals surface area contributed by atoms with E-state index < -0.39 is 17.2 Å². The molecule has 1 aliphatic heterocycles. The second-order valence-corrected chi connectivity index (χ2v) is 5.53. The number of nitrogens with one attached hydrogen (secondary N) is 1. The van der Waals surface area contributed by atoms with Crippen LogP contribution in [-0.2, 0) is 11.8 Å². The van der Waals surface area contributed by atoms with Crippen LogP contribution in [0.4, 0.5) is 0 Å². The number of primary amides is 1. The number of amides is 2. The zero-order valence-electron chi connectivity index (χ0n) is 12.4. The van der Waals surface area contributed by atoms with Crippen molar-refractivity contribution in [3.05, 3.63) is 38.7 Å². The molecule has 3 heterocycles. The Morgan fingerprint density at radius 1 is 1.35 bits per heavy atom. The van der Waals surface area contributed by atoms with Gasteiger partial charge in [0.2, 0.25) is 5.91 Å². The summed E-state index contributed by atoms with van der Waals surface area (Å²) in [6.45, 7) is 0.669. The van der Waals surface area contributed by atoms with Crippen LogP contribution in [0.1, 0.15) is 16.9 Å². The van der Waals surface area contributed by atoms with Gasteiger partial charge in [0, 0.05) is 20.1 Å². The quantitative estimate of drug-likeness (QED) is 0.701. The minimum Gasteiger partial charge on any atom is -0.369 e. The maximum Gasteiger partial charge on any atom is 0.329 e. The number of nitrogens with zero attached hydrogens (tertiary/aromatic N) is 3. The molecule has 1 aliphatic rings. The molecule has 1 saturated heterocycles. The van der Waals surface area contributed by atoms with E-state index >= 15 is 0 Å². The average Bonchev–Trinajstić information content (AvgIpc) is 3.01. The van der Waals surface area contributed by atoms with Crippen LogP contribution in [0.15, 0.2) is 21.7 Å². The Labute approximate surface area is 129 Å². The molecule has 0 aromatic carbocycles. The monoisotopic (exact) mass is 317 g/mol. The van der Waals surface area contributed by atoms with E-state index in [-0.39, 0.29) is 35.1 Å². The van der Waals surface area contributed by atoms with E-state index in [9.17, 15) is 19.2 Å². The second kappa shape index (κ2) is 5.34. The Balaban J connectivity index is 1.99. The van der Waals surface area contributed by atoms with E-state index in [0.29, 0.717) is 13.0 Å². The van der Waals surface area contributed by atoms with Gasteiger partial charge in [0.25, 0.3) is 11.5 Å². The Morgan fingerprint density at radius 2 is 2.09 bits per heavy atom. The molecule has 2 aromatic rings. The van der Waals surface area contributed by atoms with Crippen molar-refractivity contribution in [3.8, 4) is 0 Å². The molecular weight excluding hydrogens is 302 g/mol. The average molecular weight is 317 g/mol. The first-order valence-electron chi connectivity index (χ1n) is 7.07. The van der Waals surface area contributed by atoms with Crippen LogP contribution in [0.25, 0.3) is 11.0 Å². The molecule has 9 heteroatoms. The summed E-state index contributed by atoms with van der Waals surface area (Å²) < 4.78 is 1.17. The lowest BCUT2D eigenvalue weighted by atomic mass is 10.1. The van der Waals surface area contributed by atoms with Crippen molar-refractivity contribution in [1.29, 1.82) is 0 Å². The fourth-order valence-electron chi connectivity index (χ4n) is 2.68. The molecule has 3 rings (SSSR count). The molecule has 0 aliphatic carbocycles. The molecule has 23 heavy (non-hydrogen) atoms. The maximum absolute atomic E-state index is 12.5. The van der Waals surface area contributed by atoms with Gasteiger partial charge < -0.3 is 10.6 Å². The molecule has 120 valence electrons. The minimum atomic E-state index is -0.602. The lowest BCUT2D eigenvalue weighted by molar-refractivity contribution is -0.121.